The van der Waals surface area contributed by atoms with Gasteiger partial charge < -0.3 is 9.80 Å². The lowest BCUT2D eigenvalue weighted by Crippen LogP contribution is -2.45. The van der Waals surface area contributed by atoms with E-state index in [0.717, 1.165) is 6.42 Å². The molecule has 1 aromatic carbocycles. The van der Waals surface area contributed by atoms with Crippen LogP contribution >= 0.6 is 0 Å². The minimum atomic E-state index is -0.0957. The molecule has 2 amide bonds. The summed E-state index contributed by atoms with van der Waals surface area (Å²) in [5.41, 5.74) is 1.38. The highest BCUT2D eigenvalue weighted by molar-refractivity contribution is 5.84. The fraction of sp³-hybridized carbons (Fsp3) is 0.652. The van der Waals surface area contributed by atoms with Crippen LogP contribution in [0.25, 0.3) is 0 Å². The molecule has 162 valence electrons. The van der Waals surface area contributed by atoms with E-state index in [1.807, 2.05) is 37.2 Å². The molecule has 1 aromatic rings. The maximum absolute atomic E-state index is 12.2. The molecule has 0 unspecified atom stereocenters. The van der Waals surface area contributed by atoms with Gasteiger partial charge in [0.05, 0.1) is 24.9 Å². The van der Waals surface area contributed by atoms with Crippen molar-refractivity contribution >= 4 is 11.8 Å². The summed E-state index contributed by atoms with van der Waals surface area (Å²) < 4.78 is 0. The highest BCUT2D eigenvalue weighted by Crippen LogP contribution is 2.27. The molecule has 3 atom stereocenters. The molecule has 2 aliphatic rings. The van der Waals surface area contributed by atoms with E-state index in [2.05, 4.69) is 64.3 Å². The molecule has 29 heavy (non-hydrogen) atoms. The summed E-state index contributed by atoms with van der Waals surface area (Å²) in [7, 11) is 3.73. The van der Waals surface area contributed by atoms with Gasteiger partial charge in [-0.2, -0.15) is 0 Å². The van der Waals surface area contributed by atoms with Crippen LogP contribution in [0.1, 0.15) is 47.1 Å². The second kappa shape index (κ2) is 8.84. The van der Waals surface area contributed by atoms with Crippen molar-refractivity contribution in [2.24, 2.45) is 10.8 Å². The summed E-state index contributed by atoms with van der Waals surface area (Å²) in [6.07, 6.45) is 1.06. The van der Waals surface area contributed by atoms with Crippen LogP contribution in [0.15, 0.2) is 30.3 Å². The van der Waals surface area contributed by atoms with Crippen LogP contribution in [-0.4, -0.2) is 60.6 Å². The van der Waals surface area contributed by atoms with Gasteiger partial charge in [0, 0.05) is 14.1 Å². The molecule has 0 saturated carbocycles. The first-order chi connectivity index (χ1) is 13.3. The summed E-state index contributed by atoms with van der Waals surface area (Å²) in [6.45, 7) is 13.3. The molecule has 2 aliphatic heterocycles. The van der Waals surface area contributed by atoms with Gasteiger partial charge >= 0.3 is 0 Å². The molecule has 2 N–H and O–H groups in total. The van der Waals surface area contributed by atoms with Crippen molar-refractivity contribution in [3.63, 3.8) is 0 Å². The number of likely N-dealkylation sites (N-methyl/N-ethyl adjacent to an activating group) is 2. The minimum absolute atomic E-state index is 0.0514. The molecule has 2 heterocycles. The topological polar surface area (TPSA) is 64.7 Å². The average Bonchev–Trinajstić information content (AvgIpc) is 3.10. The van der Waals surface area contributed by atoms with E-state index >= 15 is 0 Å². The van der Waals surface area contributed by atoms with Gasteiger partial charge in [0.1, 0.15) is 0 Å². The SMILES string of the molecule is CN1C(=O)CN[C@H]1C(C)(C)C.CN1C(=O)[C@@H](Cc2ccccc2)N[C@H]1C(C)(C)C. The van der Waals surface area contributed by atoms with Crippen molar-refractivity contribution < 1.29 is 9.59 Å². The van der Waals surface area contributed by atoms with E-state index in [0.29, 0.717) is 6.54 Å². The fourth-order valence-electron chi connectivity index (χ4n) is 4.05. The number of carbonyl (C=O) groups excluding carboxylic acids is 2. The lowest BCUT2D eigenvalue weighted by molar-refractivity contribution is -0.130. The smallest absolute Gasteiger partial charge is 0.241 e. The first-order valence-corrected chi connectivity index (χ1v) is 10.4. The Kier molecular flexibility index (Phi) is 7.12. The molecule has 0 spiro atoms. The summed E-state index contributed by atoms with van der Waals surface area (Å²) in [4.78, 5) is 26.9. The predicted molar refractivity (Wildman–Crippen MR) is 117 cm³/mol. The van der Waals surface area contributed by atoms with Crippen LogP contribution in [-0.2, 0) is 16.0 Å². The van der Waals surface area contributed by atoms with Crippen molar-refractivity contribution in [2.75, 3.05) is 20.6 Å². The molecule has 0 aliphatic carbocycles. The molecular weight excluding hydrogens is 364 g/mol. The molecular formula is C23H38N4O2. The zero-order valence-electron chi connectivity index (χ0n) is 19.2. The quantitative estimate of drug-likeness (QED) is 0.798. The number of carbonyl (C=O) groups is 2. The van der Waals surface area contributed by atoms with Gasteiger partial charge in [0.2, 0.25) is 11.8 Å². The van der Waals surface area contributed by atoms with Crippen molar-refractivity contribution in [1.29, 1.82) is 0 Å². The van der Waals surface area contributed by atoms with Crippen LogP contribution in [0.3, 0.4) is 0 Å². The van der Waals surface area contributed by atoms with Gasteiger partial charge in [0.15, 0.2) is 0 Å². The van der Waals surface area contributed by atoms with Crippen LogP contribution in [0.2, 0.25) is 0 Å². The predicted octanol–water partition coefficient (Wildman–Crippen LogP) is 2.45. The van der Waals surface area contributed by atoms with Gasteiger partial charge in [-0.15, -0.1) is 0 Å². The third-order valence-corrected chi connectivity index (χ3v) is 5.54. The average molecular weight is 403 g/mol. The Morgan fingerprint density at radius 3 is 1.83 bits per heavy atom. The fourth-order valence-corrected chi connectivity index (χ4v) is 4.05. The van der Waals surface area contributed by atoms with E-state index < -0.39 is 0 Å². The lowest BCUT2D eigenvalue weighted by atomic mass is 9.92. The normalized spacial score (nSPS) is 25.3. The second-order valence-electron chi connectivity index (χ2n) is 10.3. The molecule has 0 aromatic heterocycles. The summed E-state index contributed by atoms with van der Waals surface area (Å²) in [6, 6.07) is 10.1. The highest BCUT2D eigenvalue weighted by Gasteiger charge is 2.42. The van der Waals surface area contributed by atoms with E-state index in [4.69, 9.17) is 0 Å². The van der Waals surface area contributed by atoms with Gasteiger partial charge in [-0.25, -0.2) is 0 Å². The monoisotopic (exact) mass is 402 g/mol. The minimum Gasteiger partial charge on any atom is -0.329 e. The van der Waals surface area contributed by atoms with Crippen LogP contribution in [0.5, 0.6) is 0 Å². The lowest BCUT2D eigenvalue weighted by Gasteiger charge is -2.32. The Labute approximate surface area is 176 Å². The first-order valence-electron chi connectivity index (χ1n) is 10.4. The van der Waals surface area contributed by atoms with Gasteiger partial charge in [-0.3, -0.25) is 20.2 Å². The Balaban J connectivity index is 0.000000234. The molecule has 0 bridgehead atoms. The number of nitrogens with one attached hydrogen (secondary N) is 2. The number of hydrogen-bond acceptors (Lipinski definition) is 4. The Hall–Kier alpha value is -1.92. The van der Waals surface area contributed by atoms with Crippen LogP contribution in [0.4, 0.5) is 0 Å². The van der Waals surface area contributed by atoms with Crippen molar-refractivity contribution in [2.45, 2.75) is 66.3 Å². The molecule has 6 heteroatoms. The van der Waals surface area contributed by atoms with E-state index in [1.165, 1.54) is 5.56 Å². The number of benzene rings is 1. The number of hydrogen-bond donors (Lipinski definition) is 2. The number of nitrogens with zero attached hydrogens (tertiary/aromatic N) is 2. The zero-order chi connectivity index (χ0) is 22.0. The molecule has 2 saturated heterocycles. The maximum Gasteiger partial charge on any atom is 0.241 e. The Morgan fingerprint density at radius 1 is 0.897 bits per heavy atom. The Bertz CT molecular complexity index is 706. The Morgan fingerprint density at radius 2 is 1.45 bits per heavy atom. The summed E-state index contributed by atoms with van der Waals surface area (Å²) >= 11 is 0. The van der Waals surface area contributed by atoms with Crippen LogP contribution < -0.4 is 10.6 Å². The van der Waals surface area contributed by atoms with Crippen LogP contribution in [0, 0.1) is 10.8 Å². The molecule has 6 nitrogen and oxygen atoms in total. The van der Waals surface area contributed by atoms with Crippen molar-refractivity contribution in [1.82, 2.24) is 20.4 Å². The second-order valence-corrected chi connectivity index (χ2v) is 10.3. The summed E-state index contributed by atoms with van der Waals surface area (Å²) in [5, 5.41) is 6.63. The highest BCUT2D eigenvalue weighted by atomic mass is 16.2. The number of rotatable bonds is 2. The van der Waals surface area contributed by atoms with Crippen molar-refractivity contribution in [3.05, 3.63) is 35.9 Å². The zero-order valence-corrected chi connectivity index (χ0v) is 19.2. The van der Waals surface area contributed by atoms with Gasteiger partial charge in [-0.05, 0) is 22.8 Å². The summed E-state index contributed by atoms with van der Waals surface area (Å²) in [5.74, 6) is 0.378. The van der Waals surface area contributed by atoms with Crippen molar-refractivity contribution in [3.8, 4) is 0 Å². The van der Waals surface area contributed by atoms with Gasteiger partial charge in [-0.1, -0.05) is 71.9 Å². The number of amides is 2. The third kappa shape index (κ3) is 5.80. The molecule has 0 radical (unpaired) electrons. The standard InChI is InChI=1S/C15H22N2O.C8H16N2O/c1-15(2,3)14-16-12(13(18)17(14)4)10-11-8-6-5-7-9-11;1-8(2,3)7-9-5-6(11)10(7)4/h5-9,12,14,16H,10H2,1-4H3;7,9H,5H2,1-4H3/t12-,14-;7-/m11/s1. The molecule has 3 rings (SSSR count). The first kappa shape index (κ1) is 23.4. The van der Waals surface area contributed by atoms with E-state index in [1.54, 1.807) is 4.90 Å². The maximum atomic E-state index is 12.2. The third-order valence-electron chi connectivity index (χ3n) is 5.54. The van der Waals surface area contributed by atoms with E-state index in [9.17, 15) is 9.59 Å². The van der Waals surface area contributed by atoms with Gasteiger partial charge in [0.25, 0.3) is 0 Å². The van der Waals surface area contributed by atoms with E-state index in [-0.39, 0.29) is 41.0 Å². The molecule has 2 fully saturated rings. The largest absolute Gasteiger partial charge is 0.329 e.